The van der Waals surface area contributed by atoms with Crippen LogP contribution in [0, 0.1) is 0 Å². The Balaban J connectivity index is 1.65. The fourth-order valence-corrected chi connectivity index (χ4v) is 4.18. The van der Waals surface area contributed by atoms with E-state index in [2.05, 4.69) is 31.4 Å². The third-order valence-electron chi connectivity index (χ3n) is 5.80. The molecule has 38 heavy (non-hydrogen) atoms. The van der Waals surface area contributed by atoms with E-state index in [0.717, 1.165) is 9.04 Å². The fourth-order valence-electron chi connectivity index (χ4n) is 3.80. The maximum Gasteiger partial charge on any atom is 0.332 e. The molecule has 0 aliphatic carbocycles. The molecule has 4 rings (SSSR count). The van der Waals surface area contributed by atoms with Crippen molar-refractivity contribution in [2.24, 2.45) is 19.2 Å². The number of methoxy groups -OCH3 is 2. The SMILES string of the molecule is COc1ccc(OC[C@@H](O)Cn2c(N/N=C/c3cc(Br)ccc3OC)nc3c2c(=O)n(C)c(=O)n3C)cc1. The van der Waals surface area contributed by atoms with Gasteiger partial charge in [0.2, 0.25) is 5.95 Å². The standard InChI is InChI=1S/C25H27BrN6O6/c1-30-22-21(23(34)31(2)25(30)35)32(13-17(33)14-38-19-8-6-18(36-3)7-9-19)24(28-22)29-27-12-15-11-16(26)5-10-20(15)37-4/h5-12,17,33H,13-14H2,1-4H3,(H,28,29)/b27-12+/t17-/m0/s1. The summed E-state index contributed by atoms with van der Waals surface area (Å²) in [6.45, 7) is -0.117. The molecule has 0 fully saturated rings. The first-order chi connectivity index (χ1) is 18.2. The van der Waals surface area contributed by atoms with Crippen molar-refractivity contribution in [3.05, 3.63) is 73.3 Å². The van der Waals surface area contributed by atoms with Gasteiger partial charge in [-0.2, -0.15) is 10.1 Å². The molecule has 12 nitrogen and oxygen atoms in total. The van der Waals surface area contributed by atoms with Crippen LogP contribution in [0.15, 0.2) is 61.6 Å². The summed E-state index contributed by atoms with van der Waals surface area (Å²) in [6.07, 6.45) is 0.513. The van der Waals surface area contributed by atoms with E-state index in [9.17, 15) is 14.7 Å². The van der Waals surface area contributed by atoms with Gasteiger partial charge in [0.1, 0.15) is 30.0 Å². The molecule has 0 aliphatic rings. The van der Waals surface area contributed by atoms with Gasteiger partial charge in [-0.1, -0.05) is 15.9 Å². The summed E-state index contributed by atoms with van der Waals surface area (Å²) >= 11 is 3.42. The van der Waals surface area contributed by atoms with E-state index in [-0.39, 0.29) is 30.3 Å². The molecule has 2 aromatic carbocycles. The Morgan fingerprint density at radius 3 is 2.47 bits per heavy atom. The number of rotatable bonds is 10. The van der Waals surface area contributed by atoms with E-state index in [1.807, 2.05) is 12.1 Å². The topological polar surface area (TPSA) is 134 Å². The lowest BCUT2D eigenvalue weighted by Gasteiger charge is -2.15. The number of aliphatic hydroxyl groups is 1. The Labute approximate surface area is 225 Å². The molecule has 0 radical (unpaired) electrons. The predicted molar refractivity (Wildman–Crippen MR) is 147 cm³/mol. The van der Waals surface area contributed by atoms with E-state index < -0.39 is 17.4 Å². The number of hydrogen-bond acceptors (Lipinski definition) is 9. The maximum atomic E-state index is 13.0. The van der Waals surface area contributed by atoms with Crippen LogP contribution in [-0.2, 0) is 20.6 Å². The first-order valence-corrected chi connectivity index (χ1v) is 12.3. The number of hydrazone groups is 1. The van der Waals surface area contributed by atoms with Crippen molar-refractivity contribution in [3.8, 4) is 17.2 Å². The van der Waals surface area contributed by atoms with Crippen LogP contribution in [0.5, 0.6) is 17.2 Å². The van der Waals surface area contributed by atoms with Crippen molar-refractivity contribution in [2.75, 3.05) is 26.3 Å². The third kappa shape index (κ3) is 5.58. The van der Waals surface area contributed by atoms with Crippen LogP contribution in [0.3, 0.4) is 0 Å². The van der Waals surface area contributed by atoms with Gasteiger partial charge in [-0.15, -0.1) is 0 Å². The summed E-state index contributed by atoms with van der Waals surface area (Å²) < 4.78 is 20.8. The highest BCUT2D eigenvalue weighted by Gasteiger charge is 2.21. The lowest BCUT2D eigenvalue weighted by molar-refractivity contribution is 0.0938. The number of imidazole rings is 1. The minimum Gasteiger partial charge on any atom is -0.497 e. The zero-order chi connectivity index (χ0) is 27.4. The van der Waals surface area contributed by atoms with Crippen LogP contribution < -0.4 is 30.9 Å². The summed E-state index contributed by atoms with van der Waals surface area (Å²) in [7, 11) is 6.03. The van der Waals surface area contributed by atoms with E-state index in [0.29, 0.717) is 22.8 Å². The van der Waals surface area contributed by atoms with Gasteiger partial charge in [-0.25, -0.2) is 10.2 Å². The number of ether oxygens (including phenoxy) is 3. The molecule has 2 heterocycles. The number of nitrogens with zero attached hydrogens (tertiary/aromatic N) is 5. The number of nitrogens with one attached hydrogen (secondary N) is 1. The molecule has 0 amide bonds. The molecule has 0 bridgehead atoms. The van der Waals surface area contributed by atoms with E-state index >= 15 is 0 Å². The molecule has 0 spiro atoms. The van der Waals surface area contributed by atoms with Gasteiger partial charge in [0.05, 0.1) is 27.0 Å². The number of anilines is 1. The van der Waals surface area contributed by atoms with Gasteiger partial charge in [-0.05, 0) is 42.5 Å². The maximum absolute atomic E-state index is 13.0. The molecule has 4 aromatic rings. The molecule has 2 aromatic heterocycles. The van der Waals surface area contributed by atoms with Gasteiger partial charge in [0.25, 0.3) is 5.56 Å². The van der Waals surface area contributed by atoms with E-state index in [4.69, 9.17) is 14.2 Å². The van der Waals surface area contributed by atoms with E-state index in [1.165, 1.54) is 29.4 Å². The molecule has 0 aliphatic heterocycles. The number of benzene rings is 2. The molecule has 0 saturated carbocycles. The van der Waals surface area contributed by atoms with Crippen LogP contribution in [0.2, 0.25) is 0 Å². The minimum absolute atomic E-state index is 0.0574. The highest BCUT2D eigenvalue weighted by Crippen LogP contribution is 2.22. The zero-order valence-electron chi connectivity index (χ0n) is 21.2. The second kappa shape index (κ2) is 11.5. The van der Waals surface area contributed by atoms with Gasteiger partial charge in [-0.3, -0.25) is 13.9 Å². The Bertz CT molecular complexity index is 1590. The molecule has 200 valence electrons. The molecule has 2 N–H and O–H groups in total. The normalized spacial score (nSPS) is 12.2. The summed E-state index contributed by atoms with van der Waals surface area (Å²) in [5, 5.41) is 15.0. The van der Waals surface area contributed by atoms with Gasteiger partial charge < -0.3 is 23.9 Å². The second-order valence-electron chi connectivity index (χ2n) is 8.32. The van der Waals surface area contributed by atoms with Crippen molar-refractivity contribution in [2.45, 2.75) is 12.6 Å². The fraction of sp³-hybridized carbons (Fsp3) is 0.280. The predicted octanol–water partition coefficient (Wildman–Crippen LogP) is 2.10. The smallest absolute Gasteiger partial charge is 0.332 e. The van der Waals surface area contributed by atoms with Gasteiger partial charge in [0.15, 0.2) is 11.2 Å². The largest absolute Gasteiger partial charge is 0.497 e. The zero-order valence-corrected chi connectivity index (χ0v) is 22.8. The summed E-state index contributed by atoms with van der Waals surface area (Å²) in [5.41, 5.74) is 2.73. The molecule has 0 saturated heterocycles. The highest BCUT2D eigenvalue weighted by molar-refractivity contribution is 9.10. The van der Waals surface area contributed by atoms with E-state index in [1.54, 1.807) is 44.6 Å². The Hall–Kier alpha value is -4.10. The first-order valence-electron chi connectivity index (χ1n) is 11.5. The number of aliphatic hydroxyl groups excluding tert-OH is 1. The lowest BCUT2D eigenvalue weighted by Crippen LogP contribution is -2.38. The molecule has 0 unspecified atom stereocenters. The number of aryl methyl sites for hydroxylation is 1. The summed E-state index contributed by atoms with van der Waals surface area (Å²) in [4.78, 5) is 30.0. The van der Waals surface area contributed by atoms with Crippen LogP contribution in [0.1, 0.15) is 5.56 Å². The van der Waals surface area contributed by atoms with Crippen molar-refractivity contribution >= 4 is 39.3 Å². The number of halogens is 1. The number of fused-ring (bicyclic) bond motifs is 1. The van der Waals surface area contributed by atoms with Crippen molar-refractivity contribution in [1.82, 2.24) is 18.7 Å². The van der Waals surface area contributed by atoms with Gasteiger partial charge >= 0.3 is 5.69 Å². The summed E-state index contributed by atoms with van der Waals surface area (Å²) in [6, 6.07) is 12.4. The van der Waals surface area contributed by atoms with Crippen LogP contribution in [0.25, 0.3) is 11.2 Å². The van der Waals surface area contributed by atoms with Gasteiger partial charge in [0, 0.05) is 24.1 Å². The Morgan fingerprint density at radius 2 is 1.79 bits per heavy atom. The van der Waals surface area contributed by atoms with Crippen LogP contribution >= 0.6 is 15.9 Å². The highest BCUT2D eigenvalue weighted by atomic mass is 79.9. The number of aromatic nitrogens is 4. The van der Waals surface area contributed by atoms with Crippen molar-refractivity contribution < 1.29 is 19.3 Å². The van der Waals surface area contributed by atoms with Crippen LogP contribution in [-0.4, -0.2) is 56.9 Å². The average Bonchev–Trinajstić information content (AvgIpc) is 3.27. The Morgan fingerprint density at radius 1 is 1.08 bits per heavy atom. The lowest BCUT2D eigenvalue weighted by atomic mass is 10.2. The molecular formula is C25H27BrN6O6. The third-order valence-corrected chi connectivity index (χ3v) is 6.30. The molecule has 13 heteroatoms. The first kappa shape index (κ1) is 26.9. The molecular weight excluding hydrogens is 560 g/mol. The molecule has 1 atom stereocenters. The summed E-state index contributed by atoms with van der Waals surface area (Å²) in [5.74, 6) is 1.99. The van der Waals surface area contributed by atoms with Crippen molar-refractivity contribution in [3.63, 3.8) is 0 Å². The monoisotopic (exact) mass is 586 g/mol. The number of hydrogen-bond donors (Lipinski definition) is 2. The quantitative estimate of drug-likeness (QED) is 0.213. The van der Waals surface area contributed by atoms with Crippen molar-refractivity contribution in [1.29, 1.82) is 0 Å². The minimum atomic E-state index is -1.02. The average molecular weight is 587 g/mol. The van der Waals surface area contributed by atoms with Crippen LogP contribution in [0.4, 0.5) is 5.95 Å². The second-order valence-corrected chi connectivity index (χ2v) is 9.24. The Kier molecular flexibility index (Phi) is 8.17.